The third-order valence-electron chi connectivity index (χ3n) is 4.27. The first-order valence-corrected chi connectivity index (χ1v) is 9.41. The van der Waals surface area contributed by atoms with Crippen molar-refractivity contribution in [3.8, 4) is 22.5 Å². The molecule has 0 saturated carbocycles. The van der Waals surface area contributed by atoms with Crippen LogP contribution in [0.1, 0.15) is 16.1 Å². The molecule has 0 radical (unpaired) electrons. The molecule has 4 rings (SSSR count). The van der Waals surface area contributed by atoms with Crippen LogP contribution in [0, 0.1) is 12.7 Å². The summed E-state index contributed by atoms with van der Waals surface area (Å²) in [4.78, 5) is 16.3. The van der Waals surface area contributed by atoms with Gasteiger partial charge in [-0.25, -0.2) is 18.7 Å². The Hall–Kier alpha value is -2.71. The maximum atomic E-state index is 14.4. The topological polar surface area (TPSA) is 56.5 Å². The summed E-state index contributed by atoms with van der Waals surface area (Å²) in [6.45, 7) is 1.98. The number of aryl methyl sites for hydroxylation is 1. The molecule has 28 heavy (non-hydrogen) atoms. The van der Waals surface area contributed by atoms with Crippen LogP contribution < -0.4 is 0 Å². The van der Waals surface area contributed by atoms with Gasteiger partial charge in [-0.3, -0.25) is 0 Å². The predicted octanol–water partition coefficient (Wildman–Crippen LogP) is 5.27. The monoisotopic (exact) mass is 457 g/mol. The fraction of sp³-hybridized carbons (Fsp3) is 0.0500. The van der Waals surface area contributed by atoms with E-state index in [2.05, 4.69) is 43.1 Å². The Morgan fingerprint density at radius 1 is 1.14 bits per heavy atom. The van der Waals surface area contributed by atoms with E-state index in [9.17, 15) is 9.18 Å². The number of carbonyl (C=O) groups is 1. The highest BCUT2D eigenvalue weighted by Gasteiger charge is 2.18. The van der Waals surface area contributed by atoms with E-state index in [1.807, 2.05) is 31.2 Å². The van der Waals surface area contributed by atoms with Gasteiger partial charge in [-0.05, 0) is 31.2 Å². The molecule has 0 atom stereocenters. The molecule has 0 aliphatic rings. The number of fused-ring (bicyclic) bond motifs is 1. The van der Waals surface area contributed by atoms with Crippen LogP contribution >= 0.6 is 28.8 Å². The van der Waals surface area contributed by atoms with Crippen molar-refractivity contribution in [2.75, 3.05) is 0 Å². The Morgan fingerprint density at radius 2 is 1.89 bits per heavy atom. The van der Waals surface area contributed by atoms with Crippen molar-refractivity contribution in [1.29, 1.82) is 0 Å². The zero-order valence-corrected chi connectivity index (χ0v) is 17.0. The Bertz CT molecular complexity index is 1210. The van der Waals surface area contributed by atoms with Crippen molar-refractivity contribution < 1.29 is 13.4 Å². The van der Waals surface area contributed by atoms with Crippen molar-refractivity contribution in [1.82, 2.24) is 14.6 Å². The molecular weight excluding hydrogens is 445 g/mol. The minimum absolute atomic E-state index is 0.0841. The lowest BCUT2D eigenvalue weighted by molar-refractivity contribution is 0.0766. The second kappa shape index (κ2) is 7.37. The van der Waals surface area contributed by atoms with Gasteiger partial charge in [0, 0.05) is 34.6 Å². The van der Waals surface area contributed by atoms with E-state index in [1.165, 1.54) is 6.07 Å². The molecule has 2 aromatic heterocycles. The summed E-state index contributed by atoms with van der Waals surface area (Å²) in [6, 6.07) is 15.7. The second-order valence-corrected chi connectivity index (χ2v) is 7.29. The third kappa shape index (κ3) is 3.41. The molecular formula is C20H13BrFN3O2S. The highest BCUT2D eigenvalue weighted by Crippen LogP contribution is 2.28. The number of thiol groups is 1. The molecule has 140 valence electrons. The molecule has 4 aromatic rings. The van der Waals surface area contributed by atoms with Crippen LogP contribution in [0.25, 0.3) is 28.2 Å². The SMILES string of the molecule is Cc1ccc(-c2cc(C(=O)OS)nc3cc(-c4ccc(Br)cc4F)nn23)cc1. The number of nitrogens with zero attached hydrogens (tertiary/aromatic N) is 3. The van der Waals surface area contributed by atoms with E-state index in [-0.39, 0.29) is 5.69 Å². The summed E-state index contributed by atoms with van der Waals surface area (Å²) in [5, 5.41) is 4.53. The molecule has 0 N–H and O–H groups in total. The van der Waals surface area contributed by atoms with Crippen LogP contribution in [-0.4, -0.2) is 20.6 Å². The summed E-state index contributed by atoms with van der Waals surface area (Å²) >= 11 is 6.82. The van der Waals surface area contributed by atoms with Gasteiger partial charge in [0.25, 0.3) is 0 Å². The van der Waals surface area contributed by atoms with Crippen LogP contribution in [0.2, 0.25) is 0 Å². The van der Waals surface area contributed by atoms with E-state index >= 15 is 0 Å². The van der Waals surface area contributed by atoms with Crippen LogP contribution in [0.4, 0.5) is 4.39 Å². The minimum Gasteiger partial charge on any atom is -0.390 e. The maximum Gasteiger partial charge on any atom is 0.368 e. The molecule has 2 aromatic carbocycles. The minimum atomic E-state index is -0.684. The fourth-order valence-corrected chi connectivity index (χ4v) is 3.31. The average Bonchev–Trinajstić information content (AvgIpc) is 3.11. The molecule has 0 aliphatic carbocycles. The lowest BCUT2D eigenvalue weighted by atomic mass is 10.1. The molecule has 0 fully saturated rings. The van der Waals surface area contributed by atoms with Crippen LogP contribution in [-0.2, 0) is 4.18 Å². The van der Waals surface area contributed by atoms with Crippen LogP contribution in [0.5, 0.6) is 0 Å². The summed E-state index contributed by atoms with van der Waals surface area (Å²) in [5.41, 5.74) is 3.77. The predicted molar refractivity (Wildman–Crippen MR) is 111 cm³/mol. The van der Waals surface area contributed by atoms with Gasteiger partial charge in [0.15, 0.2) is 11.3 Å². The van der Waals surface area contributed by atoms with Crippen molar-refractivity contribution in [2.24, 2.45) is 0 Å². The molecule has 0 unspecified atom stereocenters. The van der Waals surface area contributed by atoms with Gasteiger partial charge in [-0.2, -0.15) is 5.10 Å². The van der Waals surface area contributed by atoms with E-state index in [1.54, 1.807) is 28.8 Å². The van der Waals surface area contributed by atoms with Gasteiger partial charge < -0.3 is 4.18 Å². The average molecular weight is 458 g/mol. The molecule has 0 spiro atoms. The second-order valence-electron chi connectivity index (χ2n) is 6.20. The Labute approximate surface area is 173 Å². The first kappa shape index (κ1) is 18.6. The Morgan fingerprint density at radius 3 is 2.57 bits per heavy atom. The molecule has 0 saturated heterocycles. The Balaban J connectivity index is 1.96. The number of benzene rings is 2. The zero-order valence-electron chi connectivity index (χ0n) is 14.6. The number of aromatic nitrogens is 3. The molecule has 8 heteroatoms. The molecule has 2 heterocycles. The first-order valence-electron chi connectivity index (χ1n) is 8.25. The van der Waals surface area contributed by atoms with Gasteiger partial charge in [0.2, 0.25) is 0 Å². The lowest BCUT2D eigenvalue weighted by Gasteiger charge is -2.07. The van der Waals surface area contributed by atoms with E-state index in [0.29, 0.717) is 27.1 Å². The highest BCUT2D eigenvalue weighted by atomic mass is 79.9. The Kier molecular flexibility index (Phi) is 4.91. The number of hydrogen-bond acceptors (Lipinski definition) is 5. The van der Waals surface area contributed by atoms with Gasteiger partial charge in [0.05, 0.1) is 11.4 Å². The molecule has 0 amide bonds. The summed E-state index contributed by atoms with van der Waals surface area (Å²) in [7, 11) is 0. The van der Waals surface area contributed by atoms with E-state index in [0.717, 1.165) is 11.1 Å². The van der Waals surface area contributed by atoms with Crippen molar-refractivity contribution in [3.05, 3.63) is 76.1 Å². The first-order chi connectivity index (χ1) is 13.5. The van der Waals surface area contributed by atoms with Crippen molar-refractivity contribution >= 4 is 40.5 Å². The summed E-state index contributed by atoms with van der Waals surface area (Å²) in [6.07, 6.45) is 0. The largest absolute Gasteiger partial charge is 0.390 e. The van der Waals surface area contributed by atoms with Gasteiger partial charge >= 0.3 is 5.97 Å². The highest BCUT2D eigenvalue weighted by molar-refractivity contribution is 9.10. The van der Waals surface area contributed by atoms with Gasteiger partial charge in [-0.1, -0.05) is 45.8 Å². The number of halogens is 2. The third-order valence-corrected chi connectivity index (χ3v) is 4.93. The molecule has 0 aliphatic heterocycles. The summed E-state index contributed by atoms with van der Waals surface area (Å²) in [5.74, 6) is -1.10. The van der Waals surface area contributed by atoms with Crippen LogP contribution in [0.15, 0.2) is 59.1 Å². The lowest BCUT2D eigenvalue weighted by Crippen LogP contribution is -2.06. The smallest absolute Gasteiger partial charge is 0.368 e. The zero-order chi connectivity index (χ0) is 19.8. The van der Waals surface area contributed by atoms with Crippen molar-refractivity contribution in [3.63, 3.8) is 0 Å². The van der Waals surface area contributed by atoms with Crippen molar-refractivity contribution in [2.45, 2.75) is 6.92 Å². The van der Waals surface area contributed by atoms with Crippen LogP contribution in [0.3, 0.4) is 0 Å². The molecule has 5 nitrogen and oxygen atoms in total. The summed E-state index contributed by atoms with van der Waals surface area (Å²) < 4.78 is 21.1. The molecule has 0 bridgehead atoms. The van der Waals surface area contributed by atoms with E-state index < -0.39 is 11.8 Å². The number of carbonyl (C=O) groups excluding carboxylic acids is 1. The standard InChI is InChI=1S/C20H13BrFN3O2S/c1-11-2-4-12(5-3-11)18-9-17(20(26)27-28)23-19-10-16(24-25(18)19)14-7-6-13(21)8-15(14)22/h2-10,28H,1H3. The number of hydrogen-bond donors (Lipinski definition) is 1. The normalized spacial score (nSPS) is 11.0. The van der Waals surface area contributed by atoms with Gasteiger partial charge in [-0.15, -0.1) is 0 Å². The quantitative estimate of drug-likeness (QED) is 0.336. The maximum absolute atomic E-state index is 14.4. The van der Waals surface area contributed by atoms with E-state index in [4.69, 9.17) is 0 Å². The van der Waals surface area contributed by atoms with Gasteiger partial charge in [0.1, 0.15) is 5.82 Å². The fourth-order valence-electron chi connectivity index (χ4n) is 2.88. The number of rotatable bonds is 3.